The van der Waals surface area contributed by atoms with Gasteiger partial charge in [-0.1, -0.05) is 37.3 Å². The molecule has 0 saturated heterocycles. The van der Waals surface area contributed by atoms with Crippen LogP contribution in [0.15, 0.2) is 48.5 Å². The van der Waals surface area contributed by atoms with E-state index >= 15 is 0 Å². The van der Waals surface area contributed by atoms with Gasteiger partial charge in [0, 0.05) is 19.2 Å². The molecule has 0 saturated carbocycles. The summed E-state index contributed by atoms with van der Waals surface area (Å²) < 4.78 is 38.4. The fourth-order valence-electron chi connectivity index (χ4n) is 4.09. The van der Waals surface area contributed by atoms with E-state index in [0.717, 1.165) is 9.87 Å². The number of amides is 2. The van der Waals surface area contributed by atoms with Crippen molar-refractivity contribution in [1.82, 2.24) is 10.2 Å². The standard InChI is InChI=1S/C26H35N3O6S/c1-4-22(26(31)27-5-2)28(15-14-20-10-8-7-9-11-20)25(30)19-29(36(32,33)6-3)21-12-13-23-24(18-21)35-17-16-34-23/h7-13,18,22H,4-6,14-17,19H2,1-3H3,(H,27,31)/t22-/m0/s1. The van der Waals surface area contributed by atoms with E-state index in [-0.39, 0.29) is 18.2 Å². The number of nitrogens with one attached hydrogen (secondary N) is 1. The Morgan fingerprint density at radius 3 is 2.33 bits per heavy atom. The van der Waals surface area contributed by atoms with E-state index in [1.54, 1.807) is 18.2 Å². The molecule has 2 amide bonds. The Bertz CT molecular complexity index is 1140. The summed E-state index contributed by atoms with van der Waals surface area (Å²) in [6.07, 6.45) is 0.934. The van der Waals surface area contributed by atoms with Gasteiger partial charge in [-0.05, 0) is 44.4 Å². The number of hydrogen-bond acceptors (Lipinski definition) is 6. The first-order valence-corrected chi connectivity index (χ1v) is 13.9. The molecule has 0 aromatic heterocycles. The first kappa shape index (κ1) is 27.3. The maximum absolute atomic E-state index is 13.7. The smallest absolute Gasteiger partial charge is 0.244 e. The van der Waals surface area contributed by atoms with Gasteiger partial charge in [0.2, 0.25) is 21.8 Å². The minimum absolute atomic E-state index is 0.188. The Morgan fingerprint density at radius 1 is 1.00 bits per heavy atom. The van der Waals surface area contributed by atoms with Crippen molar-refractivity contribution in [3.05, 3.63) is 54.1 Å². The van der Waals surface area contributed by atoms with Crippen LogP contribution in [0, 0.1) is 0 Å². The Morgan fingerprint density at radius 2 is 1.69 bits per heavy atom. The molecule has 0 spiro atoms. The van der Waals surface area contributed by atoms with E-state index in [4.69, 9.17) is 9.47 Å². The van der Waals surface area contributed by atoms with Crippen molar-refractivity contribution in [2.24, 2.45) is 0 Å². The molecule has 1 aliphatic heterocycles. The number of carbonyl (C=O) groups is 2. The summed E-state index contributed by atoms with van der Waals surface area (Å²) in [7, 11) is -3.81. The summed E-state index contributed by atoms with van der Waals surface area (Å²) >= 11 is 0. The van der Waals surface area contributed by atoms with Gasteiger partial charge in [-0.3, -0.25) is 13.9 Å². The summed E-state index contributed by atoms with van der Waals surface area (Å²) in [4.78, 5) is 28.0. The molecule has 0 unspecified atom stereocenters. The quantitative estimate of drug-likeness (QED) is 0.464. The summed E-state index contributed by atoms with van der Waals surface area (Å²) in [5.41, 5.74) is 1.33. The highest BCUT2D eigenvalue weighted by atomic mass is 32.2. The lowest BCUT2D eigenvalue weighted by molar-refractivity contribution is -0.139. The lowest BCUT2D eigenvalue weighted by atomic mass is 10.1. The second kappa shape index (κ2) is 12.6. The predicted octanol–water partition coefficient (Wildman–Crippen LogP) is 2.60. The molecule has 1 N–H and O–H groups in total. The normalized spacial score (nSPS) is 13.5. The van der Waals surface area contributed by atoms with E-state index in [2.05, 4.69) is 5.32 Å². The molecule has 2 aromatic rings. The van der Waals surface area contributed by atoms with Crippen molar-refractivity contribution in [1.29, 1.82) is 0 Å². The van der Waals surface area contributed by atoms with E-state index in [0.29, 0.717) is 49.8 Å². The summed E-state index contributed by atoms with van der Waals surface area (Å²) in [6, 6.07) is 13.8. The summed E-state index contributed by atoms with van der Waals surface area (Å²) in [5.74, 6) is 0.0578. The highest BCUT2D eigenvalue weighted by Crippen LogP contribution is 2.35. The van der Waals surface area contributed by atoms with Crippen LogP contribution in [0.2, 0.25) is 0 Å². The van der Waals surface area contributed by atoms with E-state index in [1.165, 1.54) is 11.8 Å². The van der Waals surface area contributed by atoms with Crippen molar-refractivity contribution in [3.8, 4) is 11.5 Å². The molecule has 0 fully saturated rings. The number of fused-ring (bicyclic) bond motifs is 1. The third-order valence-corrected chi connectivity index (χ3v) is 7.76. The first-order valence-electron chi connectivity index (χ1n) is 12.3. The van der Waals surface area contributed by atoms with Gasteiger partial charge in [-0.15, -0.1) is 0 Å². The fraction of sp³-hybridized carbons (Fsp3) is 0.462. The SMILES string of the molecule is CCNC(=O)[C@H](CC)N(CCc1ccccc1)C(=O)CN(c1ccc2c(c1)OCCO2)S(=O)(=O)CC. The van der Waals surface area contributed by atoms with E-state index in [1.807, 2.05) is 44.2 Å². The molecule has 0 bridgehead atoms. The van der Waals surface area contributed by atoms with Crippen LogP contribution in [0.3, 0.4) is 0 Å². The maximum Gasteiger partial charge on any atom is 0.244 e. The van der Waals surface area contributed by atoms with Crippen molar-refractivity contribution >= 4 is 27.5 Å². The van der Waals surface area contributed by atoms with Crippen LogP contribution in [0.4, 0.5) is 5.69 Å². The lowest BCUT2D eigenvalue weighted by Crippen LogP contribution is -2.53. The van der Waals surface area contributed by atoms with Crippen molar-refractivity contribution in [3.63, 3.8) is 0 Å². The Kier molecular flexibility index (Phi) is 9.58. The monoisotopic (exact) mass is 517 g/mol. The van der Waals surface area contributed by atoms with Crippen molar-refractivity contribution in [2.75, 3.05) is 42.9 Å². The number of benzene rings is 2. The van der Waals surface area contributed by atoms with Gasteiger partial charge in [0.25, 0.3) is 0 Å². The largest absolute Gasteiger partial charge is 0.486 e. The average molecular weight is 518 g/mol. The van der Waals surface area contributed by atoms with Crippen LogP contribution in [0.5, 0.6) is 11.5 Å². The topological polar surface area (TPSA) is 105 Å². The zero-order chi connectivity index (χ0) is 26.1. The first-order chi connectivity index (χ1) is 17.3. The van der Waals surface area contributed by atoms with Gasteiger partial charge < -0.3 is 19.7 Å². The number of likely N-dealkylation sites (N-methyl/N-ethyl adjacent to an activating group) is 1. The highest BCUT2D eigenvalue weighted by Gasteiger charge is 2.32. The summed E-state index contributed by atoms with van der Waals surface area (Å²) in [6.45, 7) is 6.23. The molecule has 1 atom stereocenters. The summed E-state index contributed by atoms with van der Waals surface area (Å²) in [5, 5.41) is 2.80. The van der Waals surface area contributed by atoms with Crippen molar-refractivity contribution < 1.29 is 27.5 Å². The number of ether oxygens (including phenoxy) is 2. The van der Waals surface area contributed by atoms with Crippen LogP contribution in [0.25, 0.3) is 0 Å². The van der Waals surface area contributed by atoms with Gasteiger partial charge in [0.15, 0.2) is 11.5 Å². The Balaban J connectivity index is 1.92. The number of rotatable bonds is 12. The molecule has 0 radical (unpaired) electrons. The second-order valence-electron chi connectivity index (χ2n) is 8.38. The van der Waals surface area contributed by atoms with Crippen LogP contribution in [-0.4, -0.2) is 69.8 Å². The molecule has 3 rings (SSSR count). The molecular weight excluding hydrogens is 482 g/mol. The Hall–Kier alpha value is -3.27. The molecule has 1 heterocycles. The molecule has 10 heteroatoms. The third-order valence-electron chi connectivity index (χ3n) is 6.01. The number of anilines is 1. The molecular formula is C26H35N3O6S. The van der Waals surface area contributed by atoms with Gasteiger partial charge in [0.1, 0.15) is 25.8 Å². The van der Waals surface area contributed by atoms with Gasteiger partial charge >= 0.3 is 0 Å². The second-order valence-corrected chi connectivity index (χ2v) is 10.6. The predicted molar refractivity (Wildman–Crippen MR) is 139 cm³/mol. The van der Waals surface area contributed by atoms with Gasteiger partial charge in [-0.25, -0.2) is 8.42 Å². The van der Waals surface area contributed by atoms with Crippen LogP contribution in [-0.2, 0) is 26.0 Å². The molecule has 36 heavy (non-hydrogen) atoms. The fourth-order valence-corrected chi connectivity index (χ4v) is 5.15. The minimum Gasteiger partial charge on any atom is -0.486 e. The average Bonchev–Trinajstić information content (AvgIpc) is 2.89. The maximum atomic E-state index is 13.7. The minimum atomic E-state index is -3.81. The zero-order valence-electron chi connectivity index (χ0n) is 21.1. The van der Waals surface area contributed by atoms with Crippen LogP contribution >= 0.6 is 0 Å². The van der Waals surface area contributed by atoms with Gasteiger partial charge in [0.05, 0.1) is 11.4 Å². The van der Waals surface area contributed by atoms with Crippen LogP contribution in [0.1, 0.15) is 32.8 Å². The number of sulfonamides is 1. The molecule has 2 aromatic carbocycles. The zero-order valence-corrected chi connectivity index (χ0v) is 21.9. The Labute approximate surface area is 213 Å². The van der Waals surface area contributed by atoms with Gasteiger partial charge in [-0.2, -0.15) is 0 Å². The number of carbonyl (C=O) groups excluding carboxylic acids is 2. The van der Waals surface area contributed by atoms with Crippen LogP contribution < -0.4 is 19.1 Å². The van der Waals surface area contributed by atoms with E-state index < -0.39 is 28.5 Å². The molecule has 1 aliphatic rings. The van der Waals surface area contributed by atoms with E-state index in [9.17, 15) is 18.0 Å². The molecule has 9 nitrogen and oxygen atoms in total. The molecule has 0 aliphatic carbocycles. The molecule has 196 valence electrons. The van der Waals surface area contributed by atoms with Crippen molar-refractivity contribution in [2.45, 2.75) is 39.7 Å². The highest BCUT2D eigenvalue weighted by molar-refractivity contribution is 7.92. The number of hydrogen-bond donors (Lipinski definition) is 1. The lowest BCUT2D eigenvalue weighted by Gasteiger charge is -2.33. The number of nitrogens with zero attached hydrogens (tertiary/aromatic N) is 2. The third kappa shape index (κ3) is 6.69.